The van der Waals surface area contributed by atoms with Gasteiger partial charge in [0, 0.05) is 48.0 Å². The summed E-state index contributed by atoms with van der Waals surface area (Å²) in [6.07, 6.45) is -0.420. The van der Waals surface area contributed by atoms with Crippen molar-refractivity contribution >= 4 is 28.6 Å². The van der Waals surface area contributed by atoms with Crippen LogP contribution in [0.25, 0.3) is 11.0 Å². The summed E-state index contributed by atoms with van der Waals surface area (Å²) in [7, 11) is 0. The molecule has 1 aliphatic heterocycles. The largest absolute Gasteiger partial charge is 0.451 e. The van der Waals surface area contributed by atoms with Gasteiger partial charge in [-0.25, -0.2) is 0 Å². The van der Waals surface area contributed by atoms with Crippen LogP contribution in [0, 0.1) is 5.92 Å². The van der Waals surface area contributed by atoms with E-state index in [1.807, 2.05) is 42.5 Å². The van der Waals surface area contributed by atoms with E-state index in [2.05, 4.69) is 22.8 Å². The summed E-state index contributed by atoms with van der Waals surface area (Å²) in [5, 5.41) is 17.0. The molecule has 28 heavy (non-hydrogen) atoms. The Morgan fingerprint density at radius 3 is 2.68 bits per heavy atom. The molecule has 2 heterocycles. The summed E-state index contributed by atoms with van der Waals surface area (Å²) in [6, 6.07) is 18.1. The molecule has 0 radical (unpaired) electrons. The second-order valence-electron chi connectivity index (χ2n) is 7.08. The first-order valence-electron chi connectivity index (χ1n) is 9.51. The number of rotatable bonds is 7. The quantitative estimate of drug-likeness (QED) is 0.572. The molecule has 0 spiro atoms. The fourth-order valence-corrected chi connectivity index (χ4v) is 4.52. The first kappa shape index (κ1) is 19.1. The van der Waals surface area contributed by atoms with E-state index in [1.54, 1.807) is 11.8 Å². The molecular formula is C22H24N2O3S. The number of carbonyl (C=O) groups is 1. The van der Waals surface area contributed by atoms with Crippen molar-refractivity contribution in [1.29, 1.82) is 0 Å². The lowest BCUT2D eigenvalue weighted by Crippen LogP contribution is -2.34. The van der Waals surface area contributed by atoms with Gasteiger partial charge in [-0.1, -0.05) is 48.5 Å². The molecule has 4 rings (SSSR count). The number of hydrogen-bond donors (Lipinski definition) is 3. The molecule has 0 saturated carbocycles. The third-order valence-corrected chi connectivity index (χ3v) is 6.12. The molecule has 2 unspecified atom stereocenters. The summed E-state index contributed by atoms with van der Waals surface area (Å²) < 4.78 is 5.90. The molecule has 6 heteroatoms. The average molecular weight is 397 g/mol. The van der Waals surface area contributed by atoms with Crippen molar-refractivity contribution in [2.45, 2.75) is 17.6 Å². The summed E-state index contributed by atoms with van der Waals surface area (Å²) in [6.45, 7) is 1.72. The molecule has 1 aliphatic rings. The van der Waals surface area contributed by atoms with E-state index in [9.17, 15) is 9.90 Å². The monoisotopic (exact) mass is 396 g/mol. The van der Waals surface area contributed by atoms with E-state index in [-0.39, 0.29) is 11.8 Å². The van der Waals surface area contributed by atoms with Crippen molar-refractivity contribution in [3.63, 3.8) is 0 Å². The van der Waals surface area contributed by atoms with Gasteiger partial charge in [0.2, 0.25) is 0 Å². The average Bonchev–Trinajstić information content (AvgIpc) is 3.30. The molecule has 1 saturated heterocycles. The topological polar surface area (TPSA) is 74.5 Å². The highest BCUT2D eigenvalue weighted by molar-refractivity contribution is 7.97. The predicted octanol–water partition coefficient (Wildman–Crippen LogP) is 3.18. The number of hydrogen-bond acceptors (Lipinski definition) is 5. The minimum Gasteiger partial charge on any atom is -0.451 e. The van der Waals surface area contributed by atoms with Crippen LogP contribution < -0.4 is 10.6 Å². The molecule has 0 bridgehead atoms. The number of nitrogens with one attached hydrogen (secondary N) is 2. The normalized spacial score (nSPS) is 19.2. The lowest BCUT2D eigenvalue weighted by Gasteiger charge is -2.13. The Morgan fingerprint density at radius 1 is 1.11 bits per heavy atom. The van der Waals surface area contributed by atoms with Crippen LogP contribution in [0.4, 0.5) is 0 Å². The Labute approximate surface area is 168 Å². The van der Waals surface area contributed by atoms with Crippen LogP contribution in [0.2, 0.25) is 0 Å². The third kappa shape index (κ3) is 4.24. The number of benzene rings is 2. The zero-order valence-electron chi connectivity index (χ0n) is 15.6. The van der Waals surface area contributed by atoms with E-state index >= 15 is 0 Å². The van der Waals surface area contributed by atoms with Crippen molar-refractivity contribution in [2.24, 2.45) is 5.92 Å². The number of aliphatic hydroxyl groups is 1. The number of aliphatic hydroxyl groups excluding tert-OH is 1. The molecule has 1 aromatic heterocycles. The lowest BCUT2D eigenvalue weighted by molar-refractivity contribution is 0.0901. The van der Waals surface area contributed by atoms with Gasteiger partial charge in [-0.2, -0.15) is 11.8 Å². The van der Waals surface area contributed by atoms with Crippen LogP contribution in [0.5, 0.6) is 0 Å². The van der Waals surface area contributed by atoms with E-state index in [1.165, 1.54) is 5.56 Å². The Bertz CT molecular complexity index is 941. The molecule has 0 aliphatic carbocycles. The van der Waals surface area contributed by atoms with Gasteiger partial charge < -0.3 is 20.2 Å². The fourth-order valence-electron chi connectivity index (χ4n) is 3.50. The predicted molar refractivity (Wildman–Crippen MR) is 112 cm³/mol. The number of thioether (sulfide) groups is 1. The van der Waals surface area contributed by atoms with Gasteiger partial charge in [0.25, 0.3) is 5.91 Å². The lowest BCUT2D eigenvalue weighted by atomic mass is 10.1. The molecule has 1 fully saturated rings. The highest BCUT2D eigenvalue weighted by atomic mass is 32.2. The third-order valence-electron chi connectivity index (χ3n) is 5.09. The first-order chi connectivity index (χ1) is 13.7. The van der Waals surface area contributed by atoms with Gasteiger partial charge in [0.15, 0.2) is 5.76 Å². The summed E-state index contributed by atoms with van der Waals surface area (Å²) in [4.78, 5) is 12.8. The van der Waals surface area contributed by atoms with Crippen LogP contribution in [0.15, 0.2) is 59.0 Å². The first-order valence-corrected chi connectivity index (χ1v) is 10.7. The molecule has 3 aromatic rings. The minimum atomic E-state index is -0.420. The molecular weight excluding hydrogens is 372 g/mol. The number of β-amino-alcohol motifs (C(OH)–C–C–N with tert-alkyl or cyclic N) is 1. The molecule has 2 aromatic carbocycles. The van der Waals surface area contributed by atoms with Crippen molar-refractivity contribution in [3.8, 4) is 0 Å². The van der Waals surface area contributed by atoms with Crippen molar-refractivity contribution < 1.29 is 14.3 Å². The summed E-state index contributed by atoms with van der Waals surface area (Å²) in [5.41, 5.74) is 2.92. The highest BCUT2D eigenvalue weighted by Gasteiger charge is 2.27. The maximum atomic E-state index is 12.8. The van der Waals surface area contributed by atoms with Gasteiger partial charge in [-0.3, -0.25) is 4.79 Å². The Kier molecular flexibility index (Phi) is 6.00. The number of fused-ring (bicyclic) bond motifs is 1. The van der Waals surface area contributed by atoms with Crippen molar-refractivity contribution in [2.75, 3.05) is 19.6 Å². The van der Waals surface area contributed by atoms with Gasteiger partial charge in [-0.05, 0) is 11.6 Å². The zero-order valence-corrected chi connectivity index (χ0v) is 16.4. The summed E-state index contributed by atoms with van der Waals surface area (Å²) in [5.74, 6) is 1.76. The van der Waals surface area contributed by atoms with Crippen LogP contribution in [0.3, 0.4) is 0 Å². The number of furan rings is 1. The molecule has 2 atom stereocenters. The SMILES string of the molecule is O=C(NCC1CNCC1O)c1oc2ccccc2c1CSCc1ccccc1. The van der Waals surface area contributed by atoms with Crippen LogP contribution in [-0.2, 0) is 11.5 Å². The Balaban J connectivity index is 1.48. The molecule has 3 N–H and O–H groups in total. The maximum absolute atomic E-state index is 12.8. The van der Waals surface area contributed by atoms with Crippen molar-refractivity contribution in [3.05, 3.63) is 71.5 Å². The van der Waals surface area contributed by atoms with Gasteiger partial charge in [-0.15, -0.1) is 0 Å². The van der Waals surface area contributed by atoms with Crippen LogP contribution in [-0.4, -0.2) is 36.8 Å². The summed E-state index contributed by atoms with van der Waals surface area (Å²) >= 11 is 1.76. The van der Waals surface area contributed by atoms with E-state index < -0.39 is 6.10 Å². The van der Waals surface area contributed by atoms with Gasteiger partial charge in [0.1, 0.15) is 5.58 Å². The molecule has 1 amide bonds. The minimum absolute atomic E-state index is 0.0317. The Hall–Kier alpha value is -2.28. The van der Waals surface area contributed by atoms with Crippen LogP contribution in [0.1, 0.15) is 21.7 Å². The molecule has 146 valence electrons. The molecule has 5 nitrogen and oxygen atoms in total. The second kappa shape index (κ2) is 8.82. The highest BCUT2D eigenvalue weighted by Crippen LogP contribution is 2.30. The number of para-hydroxylation sites is 1. The maximum Gasteiger partial charge on any atom is 0.287 e. The van der Waals surface area contributed by atoms with Crippen LogP contribution >= 0.6 is 11.8 Å². The van der Waals surface area contributed by atoms with E-state index in [4.69, 9.17) is 4.42 Å². The smallest absolute Gasteiger partial charge is 0.287 e. The number of amides is 1. The van der Waals surface area contributed by atoms with E-state index in [0.29, 0.717) is 31.1 Å². The zero-order chi connectivity index (χ0) is 19.3. The van der Waals surface area contributed by atoms with Gasteiger partial charge >= 0.3 is 0 Å². The standard InChI is InChI=1S/C22H24N2O3S/c25-19-12-23-10-16(19)11-24-22(26)21-18(17-8-4-5-9-20(17)27-21)14-28-13-15-6-2-1-3-7-15/h1-9,16,19,23,25H,10-14H2,(H,24,26). The second-order valence-corrected chi connectivity index (χ2v) is 8.07. The fraction of sp³-hybridized carbons (Fsp3) is 0.318. The van der Waals surface area contributed by atoms with Gasteiger partial charge in [0.05, 0.1) is 6.10 Å². The van der Waals surface area contributed by atoms with E-state index in [0.717, 1.165) is 22.3 Å². The number of carbonyl (C=O) groups excluding carboxylic acids is 1. The Morgan fingerprint density at radius 2 is 1.89 bits per heavy atom. The van der Waals surface area contributed by atoms with Crippen molar-refractivity contribution in [1.82, 2.24) is 10.6 Å².